The number of alkyl halides is 3. The van der Waals surface area contributed by atoms with E-state index in [0.29, 0.717) is 4.90 Å². The normalized spacial score (nSPS) is 22.7. The van der Waals surface area contributed by atoms with Crippen molar-refractivity contribution in [1.29, 1.82) is 0 Å². The van der Waals surface area contributed by atoms with Crippen LogP contribution in [0.5, 0.6) is 0 Å². The third kappa shape index (κ3) is 3.71. The first-order valence-corrected chi connectivity index (χ1v) is 7.62. The van der Waals surface area contributed by atoms with Gasteiger partial charge in [-0.3, -0.25) is 14.4 Å². The second-order valence-corrected chi connectivity index (χ2v) is 6.09. The molecule has 6 nitrogen and oxygen atoms in total. The van der Waals surface area contributed by atoms with Gasteiger partial charge in [-0.05, 0) is 12.1 Å². The van der Waals surface area contributed by atoms with Crippen LogP contribution in [0.2, 0.25) is 0 Å². The molecule has 2 amide bonds. The molecule has 1 aromatic carbocycles. The molecule has 1 heterocycles. The number of anilines is 1. The van der Waals surface area contributed by atoms with Gasteiger partial charge < -0.3 is 15.0 Å². The van der Waals surface area contributed by atoms with Gasteiger partial charge in [0, 0.05) is 20.5 Å². The maximum Gasteiger partial charge on any atom is 0.395 e. The lowest BCUT2D eigenvalue weighted by Crippen LogP contribution is -2.53. The number of amides is 2. The fourth-order valence-corrected chi connectivity index (χ4v) is 2.92. The van der Waals surface area contributed by atoms with Crippen molar-refractivity contribution >= 4 is 23.5 Å². The first-order valence-electron chi connectivity index (χ1n) is 7.62. The number of halogens is 5. The van der Waals surface area contributed by atoms with E-state index in [1.807, 2.05) is 5.32 Å². The van der Waals surface area contributed by atoms with Crippen LogP contribution >= 0.6 is 0 Å². The number of hydrogen-bond donors (Lipinski definition) is 1. The summed E-state index contributed by atoms with van der Waals surface area (Å²) in [4.78, 5) is 36.9. The van der Waals surface area contributed by atoms with Crippen LogP contribution < -0.4 is 5.32 Å². The molecule has 1 aromatic rings. The lowest BCUT2D eigenvalue weighted by atomic mass is 9.76. The Kier molecular flexibility index (Phi) is 5.43. The number of esters is 1. The zero-order valence-corrected chi connectivity index (χ0v) is 14.2. The molecule has 2 atom stereocenters. The summed E-state index contributed by atoms with van der Waals surface area (Å²) in [6.07, 6.45) is -5.00. The summed E-state index contributed by atoms with van der Waals surface area (Å²) in [5, 5.41) is 1.82. The minimum absolute atomic E-state index is 0.670. The number of carbonyl (C=O) groups is 3. The highest BCUT2D eigenvalue weighted by Gasteiger charge is 2.67. The van der Waals surface area contributed by atoms with E-state index in [1.165, 1.54) is 0 Å². The van der Waals surface area contributed by atoms with Crippen molar-refractivity contribution in [3.63, 3.8) is 0 Å². The Morgan fingerprint density at radius 3 is 2.52 bits per heavy atom. The van der Waals surface area contributed by atoms with Crippen LogP contribution in [-0.4, -0.2) is 49.1 Å². The van der Waals surface area contributed by atoms with Crippen LogP contribution in [0.1, 0.15) is 6.92 Å². The largest absolute Gasteiger partial charge is 0.464 e. The number of carbonyl (C=O) groups excluding carboxylic acids is 3. The topological polar surface area (TPSA) is 75.7 Å². The average Bonchev–Trinajstić information content (AvgIpc) is 2.82. The van der Waals surface area contributed by atoms with Crippen LogP contribution in [0.3, 0.4) is 0 Å². The predicted octanol–water partition coefficient (Wildman–Crippen LogP) is 2.10. The highest BCUT2D eigenvalue weighted by atomic mass is 19.4. The zero-order valence-electron chi connectivity index (χ0n) is 14.2. The second-order valence-electron chi connectivity index (χ2n) is 6.09. The Labute approximate surface area is 150 Å². The quantitative estimate of drug-likeness (QED) is 0.482. The molecule has 27 heavy (non-hydrogen) atoms. The number of rotatable bonds is 4. The molecule has 0 unspecified atom stereocenters. The van der Waals surface area contributed by atoms with Crippen molar-refractivity contribution in [2.75, 3.05) is 25.5 Å². The monoisotopic (exact) mass is 394 g/mol. The van der Waals surface area contributed by atoms with E-state index in [2.05, 4.69) is 4.74 Å². The van der Waals surface area contributed by atoms with Crippen LogP contribution in [0.15, 0.2) is 18.2 Å². The van der Waals surface area contributed by atoms with Gasteiger partial charge in [-0.15, -0.1) is 0 Å². The molecule has 0 radical (unpaired) electrons. The third-order valence-corrected chi connectivity index (χ3v) is 4.28. The lowest BCUT2D eigenvalue weighted by molar-refractivity contribution is -0.204. The molecular weight excluding hydrogens is 379 g/mol. The molecule has 0 saturated carbocycles. The first-order chi connectivity index (χ1) is 12.4. The molecule has 11 heteroatoms. The molecule has 0 bridgehead atoms. The minimum atomic E-state index is -5.00. The van der Waals surface area contributed by atoms with Crippen LogP contribution in [0, 0.1) is 23.0 Å². The van der Waals surface area contributed by atoms with Crippen molar-refractivity contribution < 1.29 is 41.1 Å². The molecule has 148 valence electrons. The van der Waals surface area contributed by atoms with Gasteiger partial charge in [0.1, 0.15) is 6.61 Å². The number of benzene rings is 1. The van der Waals surface area contributed by atoms with Gasteiger partial charge in [-0.2, -0.15) is 13.2 Å². The van der Waals surface area contributed by atoms with Gasteiger partial charge in [0.15, 0.2) is 17.0 Å². The fraction of sp³-hybridized carbons (Fsp3) is 0.438. The zero-order chi connectivity index (χ0) is 20.6. The summed E-state index contributed by atoms with van der Waals surface area (Å²) < 4.78 is 72.3. The molecule has 0 spiro atoms. The fourth-order valence-electron chi connectivity index (χ4n) is 2.92. The van der Waals surface area contributed by atoms with Gasteiger partial charge in [0.05, 0.1) is 11.6 Å². The van der Waals surface area contributed by atoms with E-state index in [-0.39, 0.29) is 0 Å². The maximum absolute atomic E-state index is 13.8. The standard InChI is InChI=1S/C16H15F5N2O4/c1-8(24)27-7-15(11(16(19,20)21)6-23(2)14(15)26)13(25)22-10-5-3-4-9(17)12(10)18/h3-5,11H,6-7H2,1-2H3,(H,22,25)/t11-,15+/m0/s1. The van der Waals surface area contributed by atoms with Crippen LogP contribution in [-0.2, 0) is 19.1 Å². The number of likely N-dealkylation sites (tertiary alicyclic amines) is 1. The van der Waals surface area contributed by atoms with E-state index < -0.39 is 65.8 Å². The summed E-state index contributed by atoms with van der Waals surface area (Å²) in [6, 6.07) is 2.69. The SMILES string of the molecule is CC(=O)OC[C@@]1(C(=O)Nc2cccc(F)c2F)C(=O)N(C)C[C@@H]1C(F)(F)F. The Balaban J connectivity index is 2.51. The lowest BCUT2D eigenvalue weighted by Gasteiger charge is -2.31. The predicted molar refractivity (Wildman–Crippen MR) is 81.2 cm³/mol. The highest BCUT2D eigenvalue weighted by Crippen LogP contribution is 2.47. The Morgan fingerprint density at radius 1 is 1.33 bits per heavy atom. The van der Waals surface area contributed by atoms with Crippen molar-refractivity contribution in [2.45, 2.75) is 13.1 Å². The van der Waals surface area contributed by atoms with Crippen molar-refractivity contribution in [3.8, 4) is 0 Å². The van der Waals surface area contributed by atoms with E-state index in [1.54, 1.807) is 0 Å². The maximum atomic E-state index is 13.8. The third-order valence-electron chi connectivity index (χ3n) is 4.28. The summed E-state index contributed by atoms with van der Waals surface area (Å²) in [5.41, 5.74) is -3.61. The molecule has 1 fully saturated rings. The molecule has 1 aliphatic heterocycles. The summed E-state index contributed by atoms with van der Waals surface area (Å²) in [7, 11) is 1.05. The van der Waals surface area contributed by atoms with Gasteiger partial charge in [0.2, 0.25) is 11.8 Å². The van der Waals surface area contributed by atoms with Gasteiger partial charge in [-0.1, -0.05) is 6.07 Å². The molecule has 2 rings (SSSR count). The molecular formula is C16H15F5N2O4. The Morgan fingerprint density at radius 2 is 1.96 bits per heavy atom. The van der Waals surface area contributed by atoms with E-state index >= 15 is 0 Å². The molecule has 0 aliphatic carbocycles. The smallest absolute Gasteiger partial charge is 0.395 e. The molecule has 1 N–H and O–H groups in total. The Hall–Kier alpha value is -2.72. The van der Waals surface area contributed by atoms with Crippen molar-refractivity contribution in [3.05, 3.63) is 29.8 Å². The molecule has 0 aromatic heterocycles. The van der Waals surface area contributed by atoms with Gasteiger partial charge >= 0.3 is 12.1 Å². The number of nitrogens with zero attached hydrogens (tertiary/aromatic N) is 1. The van der Waals surface area contributed by atoms with Crippen molar-refractivity contribution in [2.24, 2.45) is 11.3 Å². The van der Waals surface area contributed by atoms with E-state index in [0.717, 1.165) is 32.2 Å². The van der Waals surface area contributed by atoms with Gasteiger partial charge in [-0.25, -0.2) is 8.78 Å². The minimum Gasteiger partial charge on any atom is -0.464 e. The van der Waals surface area contributed by atoms with Crippen LogP contribution in [0.4, 0.5) is 27.6 Å². The second kappa shape index (κ2) is 7.12. The van der Waals surface area contributed by atoms with E-state index in [4.69, 9.17) is 0 Å². The number of hydrogen-bond acceptors (Lipinski definition) is 4. The average molecular weight is 394 g/mol. The molecule has 1 aliphatic rings. The summed E-state index contributed by atoms with van der Waals surface area (Å²) in [6.45, 7) is -1.16. The first kappa shape index (κ1) is 20.6. The number of ether oxygens (including phenoxy) is 1. The highest BCUT2D eigenvalue weighted by molar-refractivity contribution is 6.12. The van der Waals surface area contributed by atoms with Gasteiger partial charge in [0.25, 0.3) is 0 Å². The van der Waals surface area contributed by atoms with E-state index in [9.17, 15) is 36.3 Å². The van der Waals surface area contributed by atoms with Crippen LogP contribution in [0.25, 0.3) is 0 Å². The number of nitrogens with one attached hydrogen (secondary N) is 1. The Bertz CT molecular complexity index is 783. The van der Waals surface area contributed by atoms with Crippen molar-refractivity contribution in [1.82, 2.24) is 4.90 Å². The molecule has 1 saturated heterocycles. The summed E-state index contributed by atoms with van der Waals surface area (Å²) >= 11 is 0. The summed E-state index contributed by atoms with van der Waals surface area (Å²) in [5.74, 6) is -9.17.